The van der Waals surface area contributed by atoms with Gasteiger partial charge in [0.15, 0.2) is 17.3 Å². The summed E-state index contributed by atoms with van der Waals surface area (Å²) >= 11 is 0. The van der Waals surface area contributed by atoms with E-state index in [0.29, 0.717) is 12.8 Å². The summed E-state index contributed by atoms with van der Waals surface area (Å²) in [5.41, 5.74) is 2.01. The number of hydrogen-bond acceptors (Lipinski definition) is 3. The van der Waals surface area contributed by atoms with Crippen LogP contribution in [0.5, 0.6) is 0 Å². The molecule has 1 aliphatic rings. The maximum absolute atomic E-state index is 12.3. The molecule has 0 aliphatic heterocycles. The lowest BCUT2D eigenvalue weighted by molar-refractivity contribution is -0.142. The summed E-state index contributed by atoms with van der Waals surface area (Å²) in [6.07, 6.45) is 5.41. The average molecular weight is 323 g/mol. The highest BCUT2D eigenvalue weighted by Gasteiger charge is 2.39. The molecule has 0 unspecified atom stereocenters. The molecule has 1 saturated carbocycles. The van der Waals surface area contributed by atoms with Gasteiger partial charge in [-0.1, -0.05) is 25.1 Å². The van der Waals surface area contributed by atoms with E-state index >= 15 is 0 Å². The summed E-state index contributed by atoms with van der Waals surface area (Å²) in [7, 11) is 0. The lowest BCUT2D eigenvalue weighted by Crippen LogP contribution is -2.37. The van der Waals surface area contributed by atoms with Crippen LogP contribution in [0.1, 0.15) is 44.1 Å². The lowest BCUT2D eigenvalue weighted by Gasteiger charge is -2.25. The van der Waals surface area contributed by atoms with E-state index in [1.165, 1.54) is 0 Å². The second kappa shape index (κ2) is 6.95. The molecule has 1 aromatic heterocycles. The molecule has 1 aliphatic carbocycles. The molecule has 0 amide bonds. The van der Waals surface area contributed by atoms with Gasteiger partial charge in [-0.15, -0.1) is 0 Å². The molecule has 3 rings (SSSR count). The van der Waals surface area contributed by atoms with E-state index in [4.69, 9.17) is 0 Å². The minimum Gasteiger partial charge on any atom is -0.324 e. The lowest BCUT2D eigenvalue weighted by atomic mass is 9.75. The molecule has 1 aromatic carbocycles. The summed E-state index contributed by atoms with van der Waals surface area (Å²) in [5, 5.41) is 0. The number of benzene rings is 1. The average Bonchev–Trinajstić information content (AvgIpc) is 3.05. The Morgan fingerprint density at radius 3 is 2.38 bits per heavy atom. The van der Waals surface area contributed by atoms with Crippen LogP contribution >= 0.6 is 0 Å². The summed E-state index contributed by atoms with van der Waals surface area (Å²) in [5.74, 6) is -1.80. The van der Waals surface area contributed by atoms with Gasteiger partial charge in [-0.3, -0.25) is 14.4 Å². The van der Waals surface area contributed by atoms with Crippen LogP contribution in [0.15, 0.2) is 48.8 Å². The van der Waals surface area contributed by atoms with E-state index < -0.39 is 5.92 Å². The Morgan fingerprint density at radius 2 is 1.75 bits per heavy atom. The minimum absolute atomic E-state index is 0.124. The van der Waals surface area contributed by atoms with Crippen LogP contribution < -0.4 is 0 Å². The first-order chi connectivity index (χ1) is 11.6. The first kappa shape index (κ1) is 16.4. The van der Waals surface area contributed by atoms with Crippen LogP contribution in [0.4, 0.5) is 0 Å². The van der Waals surface area contributed by atoms with Crippen molar-refractivity contribution >= 4 is 17.3 Å². The number of carbonyl (C=O) groups is 3. The van der Waals surface area contributed by atoms with Crippen molar-refractivity contribution in [2.75, 3.05) is 0 Å². The number of ketones is 3. The molecule has 0 spiro atoms. The van der Waals surface area contributed by atoms with Crippen LogP contribution in [0.25, 0.3) is 5.69 Å². The fourth-order valence-corrected chi connectivity index (χ4v) is 3.37. The Morgan fingerprint density at radius 1 is 1.08 bits per heavy atom. The van der Waals surface area contributed by atoms with Crippen LogP contribution in [-0.4, -0.2) is 21.9 Å². The number of aromatic nitrogens is 1. The highest BCUT2D eigenvalue weighted by atomic mass is 16.2. The molecule has 0 N–H and O–H groups in total. The zero-order valence-corrected chi connectivity index (χ0v) is 13.8. The number of Topliss-reactive ketones (excluding diaryl/α,β-unsaturated/α-hetero) is 3. The Labute approximate surface area is 141 Å². The van der Waals surface area contributed by atoms with Gasteiger partial charge in [0.05, 0.1) is 0 Å². The molecule has 0 radical (unpaired) electrons. The molecule has 1 heterocycles. The molecular weight excluding hydrogens is 302 g/mol. The third kappa shape index (κ3) is 3.23. The van der Waals surface area contributed by atoms with Gasteiger partial charge in [-0.05, 0) is 36.1 Å². The van der Waals surface area contributed by atoms with Crippen LogP contribution in [0, 0.1) is 5.92 Å². The summed E-state index contributed by atoms with van der Waals surface area (Å²) < 4.78 is 1.98. The van der Waals surface area contributed by atoms with Crippen molar-refractivity contribution in [3.8, 4) is 5.69 Å². The predicted molar refractivity (Wildman–Crippen MR) is 91.2 cm³/mol. The highest BCUT2D eigenvalue weighted by Crippen LogP contribution is 2.33. The molecule has 0 atom stereocenters. The van der Waals surface area contributed by atoms with Gasteiger partial charge in [-0.2, -0.15) is 0 Å². The monoisotopic (exact) mass is 323 g/mol. The standard InChI is InChI=1S/C20H21NO3/c1-2-6-17(22)20-18(23)11-15(12-19(20)24)14-9-10-21(13-14)16-7-4-3-5-8-16/h3-5,7-10,13,15,20H,2,6,11-12H2,1H3. The van der Waals surface area contributed by atoms with E-state index in [-0.39, 0.29) is 36.1 Å². The van der Waals surface area contributed by atoms with Crippen molar-refractivity contribution in [2.45, 2.75) is 38.5 Å². The Hall–Kier alpha value is -2.49. The predicted octanol–water partition coefficient (Wildman–Crippen LogP) is 3.48. The molecule has 2 aromatic rings. The van der Waals surface area contributed by atoms with Crippen molar-refractivity contribution in [3.05, 3.63) is 54.4 Å². The van der Waals surface area contributed by atoms with Crippen molar-refractivity contribution in [1.29, 1.82) is 0 Å². The van der Waals surface area contributed by atoms with Gasteiger partial charge in [-0.25, -0.2) is 0 Å². The maximum atomic E-state index is 12.3. The smallest absolute Gasteiger partial charge is 0.151 e. The van der Waals surface area contributed by atoms with E-state index in [1.54, 1.807) is 0 Å². The van der Waals surface area contributed by atoms with Gasteiger partial charge < -0.3 is 4.57 Å². The number of hydrogen-bond donors (Lipinski definition) is 0. The van der Waals surface area contributed by atoms with E-state index in [2.05, 4.69) is 0 Å². The maximum Gasteiger partial charge on any atom is 0.151 e. The quantitative estimate of drug-likeness (QED) is 0.792. The van der Waals surface area contributed by atoms with Gasteiger partial charge in [0.25, 0.3) is 0 Å². The van der Waals surface area contributed by atoms with Crippen LogP contribution in [0.3, 0.4) is 0 Å². The molecule has 4 nitrogen and oxygen atoms in total. The van der Waals surface area contributed by atoms with Crippen molar-refractivity contribution in [3.63, 3.8) is 0 Å². The SMILES string of the molecule is CCCC(=O)C1C(=O)CC(c2ccn(-c3ccccc3)c2)CC1=O. The first-order valence-corrected chi connectivity index (χ1v) is 8.41. The van der Waals surface area contributed by atoms with E-state index in [9.17, 15) is 14.4 Å². The normalized spacial score (nSPS) is 21.0. The molecule has 1 fully saturated rings. The topological polar surface area (TPSA) is 56.1 Å². The van der Waals surface area contributed by atoms with E-state index in [0.717, 1.165) is 11.3 Å². The van der Waals surface area contributed by atoms with Crippen molar-refractivity contribution in [1.82, 2.24) is 4.57 Å². The number of carbonyl (C=O) groups excluding carboxylic acids is 3. The number of nitrogens with zero attached hydrogens (tertiary/aromatic N) is 1. The van der Waals surface area contributed by atoms with Crippen molar-refractivity contribution < 1.29 is 14.4 Å². The molecule has 0 saturated heterocycles. The first-order valence-electron chi connectivity index (χ1n) is 8.41. The Balaban J connectivity index is 1.76. The summed E-state index contributed by atoms with van der Waals surface area (Å²) in [6.45, 7) is 1.88. The number of rotatable bonds is 5. The largest absolute Gasteiger partial charge is 0.324 e. The summed E-state index contributed by atoms with van der Waals surface area (Å²) in [6, 6.07) is 11.8. The summed E-state index contributed by atoms with van der Waals surface area (Å²) in [4.78, 5) is 36.7. The van der Waals surface area contributed by atoms with Gasteiger partial charge in [0, 0.05) is 37.3 Å². The van der Waals surface area contributed by atoms with Crippen molar-refractivity contribution in [2.24, 2.45) is 5.92 Å². The molecule has 124 valence electrons. The number of para-hydroxylation sites is 1. The Bertz CT molecular complexity index is 742. The third-order valence-corrected chi connectivity index (χ3v) is 4.60. The highest BCUT2D eigenvalue weighted by molar-refractivity contribution is 6.20. The van der Waals surface area contributed by atoms with Crippen LogP contribution in [-0.2, 0) is 14.4 Å². The second-order valence-electron chi connectivity index (χ2n) is 6.37. The van der Waals surface area contributed by atoms with Crippen LogP contribution in [0.2, 0.25) is 0 Å². The molecule has 4 heteroatoms. The zero-order valence-electron chi connectivity index (χ0n) is 13.8. The molecule has 0 bridgehead atoms. The van der Waals surface area contributed by atoms with Gasteiger partial charge in [0.2, 0.25) is 0 Å². The zero-order chi connectivity index (χ0) is 17.1. The fourth-order valence-electron chi connectivity index (χ4n) is 3.37. The second-order valence-corrected chi connectivity index (χ2v) is 6.37. The minimum atomic E-state index is -1.02. The Kier molecular flexibility index (Phi) is 4.74. The third-order valence-electron chi connectivity index (χ3n) is 4.60. The fraction of sp³-hybridized carbons (Fsp3) is 0.350. The molecule has 24 heavy (non-hydrogen) atoms. The molecular formula is C20H21NO3. The van der Waals surface area contributed by atoms with Gasteiger partial charge >= 0.3 is 0 Å². The van der Waals surface area contributed by atoms with E-state index in [1.807, 2.05) is 60.3 Å². The van der Waals surface area contributed by atoms with Gasteiger partial charge in [0.1, 0.15) is 5.92 Å².